The summed E-state index contributed by atoms with van der Waals surface area (Å²) in [6.07, 6.45) is 10.0. The van der Waals surface area contributed by atoms with Crippen LogP contribution in [-0.4, -0.2) is 80.5 Å². The third-order valence-corrected chi connectivity index (χ3v) is 16.5. The normalized spacial score (nSPS) is 16.6. The molecule has 54 heavy (non-hydrogen) atoms. The van der Waals surface area contributed by atoms with Crippen molar-refractivity contribution in [3.8, 4) is 0 Å². The summed E-state index contributed by atoms with van der Waals surface area (Å²) in [5, 5.41) is 0.878. The van der Waals surface area contributed by atoms with Crippen molar-refractivity contribution in [3.05, 3.63) is 94.0 Å². The summed E-state index contributed by atoms with van der Waals surface area (Å²) >= 11 is 0. The van der Waals surface area contributed by atoms with Crippen LogP contribution in [0, 0.1) is 20.8 Å². The van der Waals surface area contributed by atoms with Gasteiger partial charge in [-0.2, -0.15) is 16.8 Å². The van der Waals surface area contributed by atoms with Gasteiger partial charge < -0.3 is 4.57 Å². The van der Waals surface area contributed by atoms with Crippen LogP contribution in [0.5, 0.6) is 0 Å². The van der Waals surface area contributed by atoms with Crippen molar-refractivity contribution in [2.24, 2.45) is 0 Å². The average molecular weight is 801 g/mol. The lowest BCUT2D eigenvalue weighted by Crippen LogP contribution is -2.41. The first kappa shape index (κ1) is 42.4. The van der Waals surface area contributed by atoms with Crippen LogP contribution in [0.1, 0.15) is 102 Å². The van der Waals surface area contributed by atoms with Crippen molar-refractivity contribution < 1.29 is 34.9 Å². The number of rotatable bonds is 17. The Labute approximate surface area is 322 Å². The molecule has 0 aromatic heterocycles. The molecule has 5 rings (SSSR count). The van der Waals surface area contributed by atoms with E-state index in [2.05, 4.69) is 9.80 Å². The summed E-state index contributed by atoms with van der Waals surface area (Å²) in [6, 6.07) is 18.0. The second kappa shape index (κ2) is 18.5. The molecule has 3 aromatic rings. The van der Waals surface area contributed by atoms with E-state index >= 15 is 9.36 Å². The Hall–Kier alpha value is -2.70. The van der Waals surface area contributed by atoms with E-state index in [-0.39, 0.29) is 30.9 Å². The van der Waals surface area contributed by atoms with E-state index in [0.717, 1.165) is 80.9 Å². The molecule has 10 nitrogen and oxygen atoms in total. The Kier molecular flexibility index (Phi) is 14.5. The summed E-state index contributed by atoms with van der Waals surface area (Å²) < 4.78 is 79.5. The highest BCUT2D eigenvalue weighted by Gasteiger charge is 2.40. The lowest BCUT2D eigenvalue weighted by Gasteiger charge is -2.37. The average Bonchev–Trinajstić information content (AvgIpc) is 3.18. The van der Waals surface area contributed by atoms with Gasteiger partial charge in [0, 0.05) is 54.4 Å². The molecule has 2 saturated carbocycles. The minimum absolute atomic E-state index is 0.0981. The molecule has 13 heteroatoms. The van der Waals surface area contributed by atoms with Gasteiger partial charge in [0.25, 0.3) is 20.2 Å². The summed E-state index contributed by atoms with van der Waals surface area (Å²) in [5.74, 6) is -0.586. The first-order valence-electron chi connectivity index (χ1n) is 19.3. The highest BCUT2D eigenvalue weighted by Crippen LogP contribution is 2.49. The Morgan fingerprint density at radius 3 is 1.48 bits per heavy atom. The van der Waals surface area contributed by atoms with Crippen molar-refractivity contribution in [1.29, 1.82) is 0 Å². The van der Waals surface area contributed by atoms with Crippen molar-refractivity contribution in [2.45, 2.75) is 110 Å². The van der Waals surface area contributed by atoms with Gasteiger partial charge in [0.05, 0.1) is 18.6 Å². The molecule has 0 unspecified atom stereocenters. The SMILES string of the molecule is COS(=O)(=O)CCN(Cc1c(C)c(CN(CCS(=O)(=O)O)C2CCCCC2)c(C)c(C(=O)P(=O)(c2ccccc2)c2ccccc2)c1C)C1CCCCC1. The molecule has 0 amide bonds. The molecular formula is C41H57N2O8PS2. The minimum atomic E-state index is -4.24. The van der Waals surface area contributed by atoms with E-state index in [9.17, 15) is 21.4 Å². The van der Waals surface area contributed by atoms with E-state index in [1.807, 2.05) is 32.9 Å². The number of hydrogen-bond donors (Lipinski definition) is 1. The van der Waals surface area contributed by atoms with Crippen LogP contribution in [0.25, 0.3) is 0 Å². The van der Waals surface area contributed by atoms with Gasteiger partial charge >= 0.3 is 0 Å². The molecular weight excluding hydrogens is 744 g/mol. The van der Waals surface area contributed by atoms with Gasteiger partial charge in [-0.25, -0.2) is 0 Å². The zero-order valence-electron chi connectivity index (χ0n) is 32.2. The van der Waals surface area contributed by atoms with E-state index in [0.29, 0.717) is 40.4 Å². The van der Waals surface area contributed by atoms with Gasteiger partial charge in [0.1, 0.15) is 0 Å². The van der Waals surface area contributed by atoms with Gasteiger partial charge in [0.2, 0.25) is 12.7 Å². The minimum Gasteiger partial charge on any atom is -0.305 e. The molecule has 2 aliphatic rings. The summed E-state index contributed by atoms with van der Waals surface area (Å²) in [5.41, 5.74) is 4.01. The topological polar surface area (TPSA) is 138 Å². The maximum Gasteiger partial charge on any atom is 0.268 e. The molecule has 0 aliphatic heterocycles. The molecule has 296 valence electrons. The summed E-state index contributed by atoms with van der Waals surface area (Å²) in [4.78, 5) is 19.7. The van der Waals surface area contributed by atoms with Gasteiger partial charge in [-0.1, -0.05) is 99.2 Å². The van der Waals surface area contributed by atoms with Crippen molar-refractivity contribution in [2.75, 3.05) is 31.7 Å². The smallest absolute Gasteiger partial charge is 0.268 e. The predicted octanol–water partition coefficient (Wildman–Crippen LogP) is 6.90. The molecule has 3 aromatic carbocycles. The van der Waals surface area contributed by atoms with Crippen LogP contribution in [0.2, 0.25) is 0 Å². The molecule has 2 aliphatic carbocycles. The lowest BCUT2D eigenvalue weighted by molar-refractivity contribution is 0.107. The predicted molar refractivity (Wildman–Crippen MR) is 217 cm³/mol. The fourth-order valence-electron chi connectivity index (χ4n) is 8.56. The highest BCUT2D eigenvalue weighted by molar-refractivity contribution is 7.93. The lowest BCUT2D eigenvalue weighted by atomic mass is 9.86. The molecule has 2 fully saturated rings. The Balaban J connectivity index is 1.71. The van der Waals surface area contributed by atoms with E-state index in [1.54, 1.807) is 48.5 Å². The van der Waals surface area contributed by atoms with Crippen molar-refractivity contribution in [1.82, 2.24) is 9.80 Å². The Morgan fingerprint density at radius 1 is 0.685 bits per heavy atom. The van der Waals surface area contributed by atoms with Crippen molar-refractivity contribution >= 4 is 43.5 Å². The van der Waals surface area contributed by atoms with Crippen LogP contribution in [0.3, 0.4) is 0 Å². The molecule has 0 saturated heterocycles. The Morgan fingerprint density at radius 2 is 1.09 bits per heavy atom. The largest absolute Gasteiger partial charge is 0.305 e. The third kappa shape index (κ3) is 10.2. The van der Waals surface area contributed by atoms with Crippen LogP contribution >= 0.6 is 7.14 Å². The van der Waals surface area contributed by atoms with Gasteiger partial charge in [0.15, 0.2) is 0 Å². The van der Waals surface area contributed by atoms with Gasteiger partial charge in [-0.05, 0) is 74.3 Å². The monoisotopic (exact) mass is 800 g/mol. The van der Waals surface area contributed by atoms with Crippen LogP contribution < -0.4 is 10.6 Å². The van der Waals surface area contributed by atoms with Crippen LogP contribution in [0.15, 0.2) is 60.7 Å². The number of carbonyl (C=O) groups is 1. The summed E-state index contributed by atoms with van der Waals surface area (Å²) in [7, 11) is -10.7. The maximum atomic E-state index is 15.6. The van der Waals surface area contributed by atoms with Crippen LogP contribution in [0.4, 0.5) is 0 Å². The second-order valence-electron chi connectivity index (χ2n) is 15.0. The standard InChI is InChI=1S/C41H57N2O8PS2/c1-31-38(29-42(25-27-53(46,47)48)34-17-9-5-10-18-34)32(2)40(41(44)52(45,36-21-13-7-14-22-36)37-23-15-8-16-24-37)33(3)39(31)30-43(26-28-54(49,50)51-4)35-19-11-6-12-20-35/h7-8,13-16,21-24,34-35H,5-6,9-12,17-20,25-30H2,1-4H3,(H,46,47,48). The molecule has 0 bridgehead atoms. The zero-order chi connectivity index (χ0) is 39.1. The number of benzene rings is 3. The summed E-state index contributed by atoms with van der Waals surface area (Å²) in [6.45, 7) is 6.94. The van der Waals surface area contributed by atoms with Crippen molar-refractivity contribution in [3.63, 3.8) is 0 Å². The number of hydrogen-bond acceptors (Lipinski definition) is 9. The second-order valence-corrected chi connectivity index (χ2v) is 21.1. The molecule has 0 atom stereocenters. The van der Waals surface area contributed by atoms with E-state index < -0.39 is 38.7 Å². The van der Waals surface area contributed by atoms with Gasteiger partial charge in [-0.15, -0.1) is 0 Å². The fraction of sp³-hybridized carbons (Fsp3) is 0.537. The van der Waals surface area contributed by atoms with Crippen LogP contribution in [-0.2, 0) is 42.1 Å². The first-order chi connectivity index (χ1) is 25.7. The fourth-order valence-corrected chi connectivity index (χ4v) is 12.3. The maximum absolute atomic E-state index is 15.6. The highest BCUT2D eigenvalue weighted by atomic mass is 32.2. The zero-order valence-corrected chi connectivity index (χ0v) is 34.7. The van der Waals surface area contributed by atoms with Gasteiger partial charge in [-0.3, -0.25) is 23.3 Å². The molecule has 0 heterocycles. The first-order valence-corrected chi connectivity index (χ1v) is 24.1. The number of carbonyl (C=O) groups excluding carboxylic acids is 1. The quantitative estimate of drug-likeness (QED) is 0.0872. The third-order valence-electron chi connectivity index (χ3n) is 11.7. The number of nitrogens with zero attached hydrogens (tertiary/aromatic N) is 2. The molecule has 1 N–H and O–H groups in total. The Bertz CT molecular complexity index is 1970. The van der Waals surface area contributed by atoms with E-state index in [1.165, 1.54) is 7.11 Å². The van der Waals surface area contributed by atoms with E-state index in [4.69, 9.17) is 4.18 Å². The molecule has 0 radical (unpaired) electrons. The molecule has 0 spiro atoms.